The molecule has 0 heterocycles. The Kier molecular flexibility index (Phi) is 4.33. The predicted octanol–water partition coefficient (Wildman–Crippen LogP) is 2.14. The average Bonchev–Trinajstić information content (AvgIpc) is 2.27. The van der Waals surface area contributed by atoms with Gasteiger partial charge in [-0.05, 0) is 19.1 Å². The van der Waals surface area contributed by atoms with Crippen molar-refractivity contribution in [1.29, 1.82) is 0 Å². The van der Waals surface area contributed by atoms with E-state index in [1.165, 1.54) is 0 Å². The Balaban J connectivity index is 3.55. The Hall–Kier alpha value is -1.77. The number of alkyl halides is 3. The zero-order valence-electron chi connectivity index (χ0n) is 10.7. The Morgan fingerprint density at radius 1 is 1.25 bits per heavy atom. The van der Waals surface area contributed by atoms with Crippen LogP contribution in [0.15, 0.2) is 12.1 Å². The number of hydrogen-bond donors (Lipinski definition) is 0. The topological polar surface area (TPSA) is 69.7 Å². The SMILES string of the molecule is COC(=O)c1ccc(OS(C)(=O)=O)c(C)c1C(F)(F)F. The first-order valence-corrected chi connectivity index (χ1v) is 6.97. The van der Waals surface area contributed by atoms with Gasteiger partial charge in [0.1, 0.15) is 5.75 Å². The van der Waals surface area contributed by atoms with Gasteiger partial charge in [-0.3, -0.25) is 0 Å². The fourth-order valence-corrected chi connectivity index (χ4v) is 2.10. The summed E-state index contributed by atoms with van der Waals surface area (Å²) in [6, 6.07) is 1.78. The summed E-state index contributed by atoms with van der Waals surface area (Å²) in [7, 11) is -3.04. The molecule has 1 aromatic carbocycles. The third-order valence-corrected chi connectivity index (χ3v) is 2.83. The van der Waals surface area contributed by atoms with Crippen molar-refractivity contribution in [3.05, 3.63) is 28.8 Å². The van der Waals surface area contributed by atoms with Crippen molar-refractivity contribution in [3.8, 4) is 5.75 Å². The van der Waals surface area contributed by atoms with Crippen LogP contribution in [0.5, 0.6) is 5.75 Å². The monoisotopic (exact) mass is 312 g/mol. The maximum absolute atomic E-state index is 13.0. The average molecular weight is 312 g/mol. The van der Waals surface area contributed by atoms with Crippen LogP contribution in [0, 0.1) is 6.92 Å². The summed E-state index contributed by atoms with van der Waals surface area (Å²) >= 11 is 0. The standard InChI is InChI=1S/C11H11F3O5S/c1-6-8(19-20(3,16)17)5-4-7(10(15)18-2)9(6)11(12,13)14/h4-5H,1-3H3. The summed E-state index contributed by atoms with van der Waals surface area (Å²) in [5, 5.41) is 0. The summed E-state index contributed by atoms with van der Waals surface area (Å²) < 4.78 is 69.7. The molecular weight excluding hydrogens is 301 g/mol. The molecule has 0 unspecified atom stereocenters. The van der Waals surface area contributed by atoms with E-state index in [1.54, 1.807) is 0 Å². The van der Waals surface area contributed by atoms with Crippen LogP contribution in [0.3, 0.4) is 0 Å². The molecule has 112 valence electrons. The Morgan fingerprint density at radius 3 is 2.20 bits per heavy atom. The molecule has 0 N–H and O–H groups in total. The number of rotatable bonds is 3. The van der Waals surface area contributed by atoms with E-state index in [-0.39, 0.29) is 0 Å². The van der Waals surface area contributed by atoms with Gasteiger partial charge in [0.25, 0.3) is 0 Å². The van der Waals surface area contributed by atoms with Crippen LogP contribution in [-0.2, 0) is 21.0 Å². The molecule has 0 aliphatic rings. The Labute approximate surface area is 113 Å². The molecule has 0 saturated carbocycles. The number of ether oxygens (including phenoxy) is 1. The molecule has 0 atom stereocenters. The minimum absolute atomic E-state index is 0.493. The van der Waals surface area contributed by atoms with E-state index in [0.29, 0.717) is 6.26 Å². The van der Waals surface area contributed by atoms with Gasteiger partial charge in [0, 0.05) is 5.56 Å². The molecule has 20 heavy (non-hydrogen) atoms. The Morgan fingerprint density at radius 2 is 1.80 bits per heavy atom. The summed E-state index contributed by atoms with van der Waals surface area (Å²) in [4.78, 5) is 11.3. The largest absolute Gasteiger partial charge is 0.465 e. The highest BCUT2D eigenvalue weighted by atomic mass is 32.2. The van der Waals surface area contributed by atoms with Crippen LogP contribution < -0.4 is 4.18 Å². The van der Waals surface area contributed by atoms with Crippen molar-refractivity contribution in [2.45, 2.75) is 13.1 Å². The molecule has 0 spiro atoms. The second-order valence-corrected chi connectivity index (χ2v) is 5.46. The third kappa shape index (κ3) is 3.62. The number of benzene rings is 1. The minimum Gasteiger partial charge on any atom is -0.465 e. The molecule has 0 aliphatic heterocycles. The number of esters is 1. The number of carbonyl (C=O) groups is 1. The summed E-state index contributed by atoms with van der Waals surface area (Å²) in [6.07, 6.45) is -4.15. The number of halogens is 3. The molecule has 0 fully saturated rings. The molecule has 0 bridgehead atoms. The third-order valence-electron chi connectivity index (χ3n) is 2.35. The van der Waals surface area contributed by atoms with Crippen molar-refractivity contribution in [2.24, 2.45) is 0 Å². The lowest BCUT2D eigenvalue weighted by Crippen LogP contribution is -2.17. The number of methoxy groups -OCH3 is 1. The summed E-state index contributed by atoms with van der Waals surface area (Å²) in [6.45, 7) is 1.01. The molecule has 1 rings (SSSR count). The van der Waals surface area contributed by atoms with E-state index < -0.39 is 44.7 Å². The van der Waals surface area contributed by atoms with Gasteiger partial charge in [0.15, 0.2) is 0 Å². The van der Waals surface area contributed by atoms with E-state index in [0.717, 1.165) is 26.2 Å². The van der Waals surface area contributed by atoms with Crippen molar-refractivity contribution >= 4 is 16.1 Å². The highest BCUT2D eigenvalue weighted by molar-refractivity contribution is 7.86. The van der Waals surface area contributed by atoms with Gasteiger partial charge < -0.3 is 8.92 Å². The van der Waals surface area contributed by atoms with Gasteiger partial charge in [0.2, 0.25) is 0 Å². The molecule has 0 saturated heterocycles. The zero-order valence-corrected chi connectivity index (χ0v) is 11.6. The normalized spacial score (nSPS) is 12.1. The van der Waals surface area contributed by atoms with Crippen molar-refractivity contribution < 1.29 is 35.3 Å². The van der Waals surface area contributed by atoms with Crippen LogP contribution in [0.1, 0.15) is 21.5 Å². The lowest BCUT2D eigenvalue weighted by Gasteiger charge is -2.17. The first-order valence-electron chi connectivity index (χ1n) is 5.16. The zero-order chi connectivity index (χ0) is 15.7. The van der Waals surface area contributed by atoms with Gasteiger partial charge in [-0.15, -0.1) is 0 Å². The van der Waals surface area contributed by atoms with Crippen LogP contribution in [0.2, 0.25) is 0 Å². The molecule has 0 radical (unpaired) electrons. The molecule has 0 aromatic heterocycles. The first-order chi connectivity index (χ1) is 8.97. The smallest absolute Gasteiger partial charge is 0.417 e. The lowest BCUT2D eigenvalue weighted by molar-refractivity contribution is -0.138. The highest BCUT2D eigenvalue weighted by Crippen LogP contribution is 2.38. The van der Waals surface area contributed by atoms with Crippen LogP contribution in [0.4, 0.5) is 13.2 Å². The maximum Gasteiger partial charge on any atom is 0.417 e. The van der Waals surface area contributed by atoms with Gasteiger partial charge in [-0.1, -0.05) is 0 Å². The van der Waals surface area contributed by atoms with Crippen molar-refractivity contribution in [3.63, 3.8) is 0 Å². The Bertz CT molecular complexity index is 634. The molecule has 1 aromatic rings. The molecule has 5 nitrogen and oxygen atoms in total. The molecule has 9 heteroatoms. The van der Waals surface area contributed by atoms with Crippen molar-refractivity contribution in [1.82, 2.24) is 0 Å². The fourth-order valence-electron chi connectivity index (χ4n) is 1.59. The minimum atomic E-state index is -4.86. The maximum atomic E-state index is 13.0. The van der Waals surface area contributed by atoms with Gasteiger partial charge in [-0.25, -0.2) is 4.79 Å². The van der Waals surface area contributed by atoms with E-state index in [2.05, 4.69) is 8.92 Å². The van der Waals surface area contributed by atoms with E-state index >= 15 is 0 Å². The number of carbonyl (C=O) groups excluding carboxylic acids is 1. The first kappa shape index (κ1) is 16.3. The van der Waals surface area contributed by atoms with Gasteiger partial charge in [-0.2, -0.15) is 21.6 Å². The van der Waals surface area contributed by atoms with Crippen molar-refractivity contribution in [2.75, 3.05) is 13.4 Å². The van der Waals surface area contributed by atoms with Crippen LogP contribution in [-0.4, -0.2) is 27.8 Å². The summed E-state index contributed by atoms with van der Waals surface area (Å²) in [5.74, 6) is -1.67. The summed E-state index contributed by atoms with van der Waals surface area (Å²) in [5.41, 5.74) is -2.50. The van der Waals surface area contributed by atoms with E-state index in [9.17, 15) is 26.4 Å². The second-order valence-electron chi connectivity index (χ2n) is 3.89. The van der Waals surface area contributed by atoms with Crippen LogP contribution in [0.25, 0.3) is 0 Å². The second kappa shape index (κ2) is 5.31. The fraction of sp³-hybridized carbons (Fsp3) is 0.364. The van der Waals surface area contributed by atoms with Gasteiger partial charge in [0.05, 0.1) is 24.5 Å². The highest BCUT2D eigenvalue weighted by Gasteiger charge is 2.38. The molecule has 0 aliphatic carbocycles. The molecular formula is C11H11F3O5S. The van der Waals surface area contributed by atoms with Crippen LogP contribution >= 0.6 is 0 Å². The van der Waals surface area contributed by atoms with E-state index in [4.69, 9.17) is 0 Å². The number of hydrogen-bond acceptors (Lipinski definition) is 5. The van der Waals surface area contributed by atoms with Gasteiger partial charge >= 0.3 is 22.3 Å². The lowest BCUT2D eigenvalue weighted by atomic mass is 10.0. The van der Waals surface area contributed by atoms with E-state index in [1.807, 2.05) is 0 Å². The molecule has 0 amide bonds. The predicted molar refractivity (Wildman–Crippen MR) is 63.0 cm³/mol. The quantitative estimate of drug-likeness (QED) is 0.632.